The summed E-state index contributed by atoms with van der Waals surface area (Å²) in [5.74, 6) is -0.561. The predicted molar refractivity (Wildman–Crippen MR) is 145 cm³/mol. The molecule has 0 heterocycles. The molecule has 0 saturated carbocycles. The van der Waals surface area contributed by atoms with Crippen LogP contribution in [0.4, 0.5) is 0 Å². The fourth-order valence-corrected chi connectivity index (χ4v) is 7.58. The number of hydrogen-bond acceptors (Lipinski definition) is 5. The molecule has 184 valence electrons. The second-order valence-electron chi connectivity index (χ2n) is 7.88. The van der Waals surface area contributed by atoms with E-state index in [1.54, 1.807) is 0 Å². The molecule has 2 atom stereocenters. The van der Waals surface area contributed by atoms with Crippen LogP contribution in [0.5, 0.6) is 0 Å². The van der Waals surface area contributed by atoms with Gasteiger partial charge in [-0.2, -0.15) is 0 Å². The zero-order chi connectivity index (χ0) is 25.2. The first-order valence-electron chi connectivity index (χ1n) is 11.3. The van der Waals surface area contributed by atoms with Crippen LogP contribution >= 0.6 is 8.25 Å². The molecule has 0 N–H and O–H groups in total. The Kier molecular flexibility index (Phi) is 9.84. The lowest BCUT2D eigenvalue weighted by atomic mass is 10.0. The highest BCUT2D eigenvalue weighted by molar-refractivity contribution is 7.85. The van der Waals surface area contributed by atoms with Gasteiger partial charge in [0.1, 0.15) is 0 Å². The van der Waals surface area contributed by atoms with Crippen LogP contribution in [0.25, 0.3) is 0 Å². The summed E-state index contributed by atoms with van der Waals surface area (Å²) in [6, 6.07) is 37.9. The molecule has 0 aliphatic rings. The number of benzene rings is 4. The summed E-state index contributed by atoms with van der Waals surface area (Å²) in [6.45, 7) is 0. The maximum Gasteiger partial charge on any atom is 0.699 e. The average Bonchev–Trinajstić information content (AvgIpc) is 2.93. The van der Waals surface area contributed by atoms with E-state index in [1.807, 2.05) is 121 Å². The van der Waals surface area contributed by atoms with Crippen LogP contribution in [-0.4, -0.2) is 20.3 Å². The van der Waals surface area contributed by atoms with Crippen LogP contribution in [0.3, 0.4) is 0 Å². The molecule has 0 amide bonds. The van der Waals surface area contributed by atoms with Crippen LogP contribution in [0.15, 0.2) is 121 Å². The zero-order valence-electron chi connectivity index (χ0n) is 19.4. The van der Waals surface area contributed by atoms with Crippen LogP contribution in [0.2, 0.25) is 0 Å². The number of rotatable bonds is 12. The van der Waals surface area contributed by atoms with Gasteiger partial charge in [-0.1, -0.05) is 121 Å². The molecule has 4 aromatic carbocycles. The Morgan fingerprint density at radius 3 is 1.00 bits per heavy atom. The van der Waals surface area contributed by atoms with E-state index in [-0.39, 0.29) is 11.9 Å². The maximum atomic E-state index is 13.2. The number of hydrogen-bond donors (Lipinski definition) is 0. The van der Waals surface area contributed by atoms with Crippen molar-refractivity contribution in [3.8, 4) is 0 Å². The van der Waals surface area contributed by atoms with Crippen molar-refractivity contribution in [3.05, 3.63) is 144 Å². The summed E-state index contributed by atoms with van der Waals surface area (Å²) >= 11 is 0. The highest BCUT2D eigenvalue weighted by Gasteiger charge is 2.30. The third-order valence-electron chi connectivity index (χ3n) is 5.48. The van der Waals surface area contributed by atoms with Gasteiger partial charge in [-0.25, -0.2) is 0 Å². The fraction of sp³-hybridized carbons (Fsp3) is 0.143. The van der Waals surface area contributed by atoms with Crippen molar-refractivity contribution in [2.24, 2.45) is 0 Å². The Bertz CT molecular complexity index is 1110. The maximum absolute atomic E-state index is 13.2. The smallest absolute Gasteiger partial charge is 0.256 e. The van der Waals surface area contributed by atoms with E-state index in [0.717, 1.165) is 22.3 Å². The molecular weight excluding hydrogens is 511 g/mol. The molecule has 8 heteroatoms. The molecule has 0 bridgehead atoms. The van der Waals surface area contributed by atoms with Crippen molar-refractivity contribution in [2.45, 2.75) is 10.5 Å². The Morgan fingerprint density at radius 2 is 0.750 bits per heavy atom. The zero-order valence-corrected chi connectivity index (χ0v) is 21.9. The molecule has 36 heavy (non-hydrogen) atoms. The van der Waals surface area contributed by atoms with E-state index in [1.165, 1.54) is 0 Å². The van der Waals surface area contributed by atoms with Crippen molar-refractivity contribution >= 4 is 29.9 Å². The molecule has 0 aliphatic heterocycles. The van der Waals surface area contributed by atoms with Crippen LogP contribution < -0.4 is 0 Å². The molecule has 0 aromatic heterocycles. The minimum Gasteiger partial charge on any atom is -0.256 e. The summed E-state index contributed by atoms with van der Waals surface area (Å²) in [7, 11) is -5.66. The van der Waals surface area contributed by atoms with Gasteiger partial charge in [0.15, 0.2) is 11.9 Å². The van der Waals surface area contributed by atoms with Crippen molar-refractivity contribution in [3.63, 3.8) is 0 Å². The monoisotopic (exact) mass is 537 g/mol. The Balaban J connectivity index is 1.39. The highest BCUT2D eigenvalue weighted by Crippen LogP contribution is 2.33. The average molecular weight is 538 g/mol. The Hall–Kier alpha value is -2.80. The van der Waals surface area contributed by atoms with E-state index in [9.17, 15) is 13.0 Å². The standard InChI is InChI=1S/C28H26O5PS2/c29-34(32-21-35(30)27(23-13-5-1-6-14-23)24-15-7-2-8-16-24)33-22-36(31)28(25-17-9-3-10-18-25)26-19-11-4-12-20-26/h1-20,27-28H,21-22H2/q+1/t35-,36-/m1/s1. The molecule has 0 spiro atoms. The molecule has 0 saturated heterocycles. The molecule has 5 nitrogen and oxygen atoms in total. The fourth-order valence-electron chi connectivity index (χ4n) is 3.87. The third-order valence-corrected chi connectivity index (χ3v) is 9.35. The molecule has 0 aliphatic carbocycles. The van der Waals surface area contributed by atoms with Gasteiger partial charge in [-0.3, -0.25) is 8.42 Å². The van der Waals surface area contributed by atoms with Gasteiger partial charge < -0.3 is 0 Å². The normalized spacial score (nSPS) is 12.9. The molecule has 0 fully saturated rings. The topological polar surface area (TPSA) is 69.7 Å². The SMILES string of the molecule is O=[P+](OC[S@@](=O)C(c1ccccc1)c1ccccc1)OC[S@@](=O)C(c1ccccc1)c1ccccc1. The van der Waals surface area contributed by atoms with Crippen molar-refractivity contribution in [1.82, 2.24) is 0 Å². The van der Waals surface area contributed by atoms with E-state index in [2.05, 4.69) is 0 Å². The first kappa shape index (κ1) is 26.3. The van der Waals surface area contributed by atoms with Gasteiger partial charge in [0.2, 0.25) is 0 Å². The molecule has 0 unspecified atom stereocenters. The summed E-state index contributed by atoms with van der Waals surface area (Å²) < 4.78 is 49.5. The van der Waals surface area contributed by atoms with Gasteiger partial charge in [0, 0.05) is 4.57 Å². The van der Waals surface area contributed by atoms with Gasteiger partial charge in [0.05, 0.1) is 32.1 Å². The van der Waals surface area contributed by atoms with E-state index < -0.39 is 40.4 Å². The molecule has 0 radical (unpaired) electrons. The van der Waals surface area contributed by atoms with Gasteiger partial charge in [-0.15, -0.1) is 9.05 Å². The van der Waals surface area contributed by atoms with Crippen LogP contribution in [-0.2, 0) is 35.2 Å². The Labute approximate surface area is 217 Å². The summed E-state index contributed by atoms with van der Waals surface area (Å²) in [4.78, 5) is 0. The minimum absolute atomic E-state index is 0.281. The first-order valence-corrected chi connectivity index (χ1v) is 15.2. The van der Waals surface area contributed by atoms with Gasteiger partial charge in [-0.05, 0) is 22.3 Å². The lowest BCUT2D eigenvalue weighted by molar-refractivity contribution is 0.280. The highest BCUT2D eigenvalue weighted by atomic mass is 32.2. The summed E-state index contributed by atoms with van der Waals surface area (Å²) in [5, 5.41) is -0.879. The molecule has 4 rings (SSSR count). The first-order chi connectivity index (χ1) is 17.6. The lowest BCUT2D eigenvalue weighted by Gasteiger charge is -2.16. The second kappa shape index (κ2) is 13.5. The van der Waals surface area contributed by atoms with Crippen molar-refractivity contribution < 1.29 is 22.0 Å². The predicted octanol–water partition coefficient (Wildman–Crippen LogP) is 6.67. The Morgan fingerprint density at radius 1 is 0.500 bits per heavy atom. The summed E-state index contributed by atoms with van der Waals surface area (Å²) in [6.07, 6.45) is 0. The second-order valence-corrected chi connectivity index (χ2v) is 11.8. The third kappa shape index (κ3) is 7.12. The van der Waals surface area contributed by atoms with Crippen molar-refractivity contribution in [2.75, 3.05) is 11.9 Å². The van der Waals surface area contributed by atoms with Crippen LogP contribution in [0.1, 0.15) is 32.8 Å². The quantitative estimate of drug-likeness (QED) is 0.189. The van der Waals surface area contributed by atoms with Crippen molar-refractivity contribution in [1.29, 1.82) is 0 Å². The van der Waals surface area contributed by atoms with E-state index in [4.69, 9.17) is 9.05 Å². The molecule has 4 aromatic rings. The van der Waals surface area contributed by atoms with E-state index in [0.29, 0.717) is 0 Å². The van der Waals surface area contributed by atoms with Gasteiger partial charge in [0.25, 0.3) is 0 Å². The van der Waals surface area contributed by atoms with E-state index >= 15 is 0 Å². The van der Waals surface area contributed by atoms with Gasteiger partial charge >= 0.3 is 8.25 Å². The lowest BCUT2D eigenvalue weighted by Crippen LogP contribution is -2.14. The van der Waals surface area contributed by atoms with Crippen LogP contribution in [0, 0.1) is 0 Å². The largest absolute Gasteiger partial charge is 0.699 e. The summed E-state index contributed by atoms with van der Waals surface area (Å²) in [5.41, 5.74) is 3.49. The molecular formula is C28H26O5PS2+. The minimum atomic E-state index is -2.61.